The molecular weight excluding hydrogens is 516 g/mol. The van der Waals surface area contributed by atoms with Crippen molar-refractivity contribution < 1.29 is 19.1 Å². The lowest BCUT2D eigenvalue weighted by molar-refractivity contribution is 0.0929. The van der Waals surface area contributed by atoms with Gasteiger partial charge in [-0.15, -0.1) is 0 Å². The molecule has 5 rings (SSSR count). The number of methoxy groups -OCH3 is 1. The van der Waals surface area contributed by atoms with Gasteiger partial charge in [-0.05, 0) is 72.4 Å². The second kappa shape index (κ2) is 12.6. The third kappa shape index (κ3) is 6.36. The van der Waals surface area contributed by atoms with Gasteiger partial charge in [0.05, 0.1) is 24.3 Å². The Bertz CT molecular complexity index is 1580. The first kappa shape index (κ1) is 27.8. The molecule has 0 radical (unpaired) electrons. The molecule has 1 aromatic heterocycles. The van der Waals surface area contributed by atoms with Crippen LogP contribution in [0.1, 0.15) is 69.6 Å². The van der Waals surface area contributed by atoms with E-state index in [9.17, 15) is 14.9 Å². The largest absolute Gasteiger partial charge is 0.497 e. The van der Waals surface area contributed by atoms with E-state index in [4.69, 9.17) is 15.2 Å². The van der Waals surface area contributed by atoms with E-state index >= 15 is 0 Å². The summed E-state index contributed by atoms with van der Waals surface area (Å²) in [5.41, 5.74) is 9.24. The molecule has 0 saturated heterocycles. The highest BCUT2D eigenvalue weighted by Gasteiger charge is 2.26. The molecule has 0 bridgehead atoms. The van der Waals surface area contributed by atoms with Gasteiger partial charge < -0.3 is 25.1 Å². The van der Waals surface area contributed by atoms with Crippen LogP contribution < -0.4 is 20.5 Å². The van der Waals surface area contributed by atoms with Crippen LogP contribution in [0.2, 0.25) is 0 Å². The fourth-order valence-electron chi connectivity index (χ4n) is 5.47. The molecule has 1 fully saturated rings. The lowest BCUT2D eigenvalue weighted by Crippen LogP contribution is -2.32. The van der Waals surface area contributed by atoms with E-state index < -0.39 is 5.91 Å². The molecule has 210 valence electrons. The van der Waals surface area contributed by atoms with E-state index in [0.717, 1.165) is 40.6 Å². The molecule has 2 amide bonds. The van der Waals surface area contributed by atoms with Crippen LogP contribution in [-0.4, -0.2) is 30.0 Å². The predicted octanol–water partition coefficient (Wildman–Crippen LogP) is 5.56. The number of carbonyl (C=O) groups is 2. The quantitative estimate of drug-likeness (QED) is 0.268. The molecule has 0 atom stereocenters. The number of primary amides is 1. The summed E-state index contributed by atoms with van der Waals surface area (Å²) in [4.78, 5) is 25.5. The highest BCUT2D eigenvalue weighted by molar-refractivity contribution is 6.04. The Morgan fingerprint density at radius 2 is 1.71 bits per heavy atom. The van der Waals surface area contributed by atoms with Crippen molar-refractivity contribution in [2.24, 2.45) is 11.7 Å². The van der Waals surface area contributed by atoms with Gasteiger partial charge in [0.25, 0.3) is 5.91 Å². The average Bonchev–Trinajstić information content (AvgIpc) is 3.31. The van der Waals surface area contributed by atoms with Gasteiger partial charge in [-0.2, -0.15) is 5.26 Å². The molecule has 41 heavy (non-hydrogen) atoms. The van der Waals surface area contributed by atoms with Crippen molar-refractivity contribution in [2.45, 2.75) is 45.3 Å². The van der Waals surface area contributed by atoms with Crippen LogP contribution in [0.3, 0.4) is 0 Å². The third-order valence-corrected chi connectivity index (χ3v) is 7.76. The summed E-state index contributed by atoms with van der Waals surface area (Å²) in [5.74, 6) is 0.956. The van der Waals surface area contributed by atoms with Crippen LogP contribution in [0.25, 0.3) is 10.9 Å². The predicted molar refractivity (Wildman–Crippen MR) is 157 cm³/mol. The molecule has 1 saturated carbocycles. The maximum atomic E-state index is 13.9. The van der Waals surface area contributed by atoms with E-state index in [2.05, 4.69) is 11.4 Å². The van der Waals surface area contributed by atoms with Gasteiger partial charge in [-0.1, -0.05) is 43.5 Å². The summed E-state index contributed by atoms with van der Waals surface area (Å²) in [6.45, 7) is 1.19. The third-order valence-electron chi connectivity index (χ3n) is 7.76. The van der Waals surface area contributed by atoms with Crippen LogP contribution in [0.5, 0.6) is 11.5 Å². The topological polar surface area (TPSA) is 119 Å². The van der Waals surface area contributed by atoms with Crippen molar-refractivity contribution in [1.82, 2.24) is 9.88 Å². The number of aromatic nitrogens is 1. The van der Waals surface area contributed by atoms with Gasteiger partial charge in [-0.25, -0.2) is 0 Å². The average molecular weight is 551 g/mol. The first-order valence-corrected chi connectivity index (χ1v) is 14.0. The molecule has 4 aromatic rings. The SMILES string of the molecule is COc1ccc(COc2c(C(=O)NCC3CCCCC3)n(Cc3ccc(C(N)=O)cc3)c3cc(C#N)ccc23)cc1. The number of hydrogen-bond acceptors (Lipinski definition) is 5. The van der Waals surface area contributed by atoms with Crippen molar-refractivity contribution in [2.75, 3.05) is 13.7 Å². The normalized spacial score (nSPS) is 13.5. The van der Waals surface area contributed by atoms with Crippen LogP contribution in [0.4, 0.5) is 0 Å². The van der Waals surface area contributed by atoms with Crippen molar-refractivity contribution in [3.63, 3.8) is 0 Å². The van der Waals surface area contributed by atoms with Gasteiger partial charge in [0.1, 0.15) is 12.4 Å². The summed E-state index contributed by atoms with van der Waals surface area (Å²) in [5, 5.41) is 13.6. The Kier molecular flexibility index (Phi) is 8.54. The van der Waals surface area contributed by atoms with E-state index in [1.807, 2.05) is 47.0 Å². The van der Waals surface area contributed by atoms with E-state index in [0.29, 0.717) is 41.6 Å². The highest BCUT2D eigenvalue weighted by Crippen LogP contribution is 2.36. The fraction of sp³-hybridized carbons (Fsp3) is 0.303. The number of benzene rings is 3. The molecule has 1 aliphatic rings. The smallest absolute Gasteiger partial charge is 0.271 e. The monoisotopic (exact) mass is 550 g/mol. The van der Waals surface area contributed by atoms with Gasteiger partial charge in [0.2, 0.25) is 5.91 Å². The minimum Gasteiger partial charge on any atom is -0.497 e. The molecule has 0 spiro atoms. The summed E-state index contributed by atoms with van der Waals surface area (Å²) < 4.78 is 13.6. The first-order valence-electron chi connectivity index (χ1n) is 14.0. The summed E-state index contributed by atoms with van der Waals surface area (Å²) >= 11 is 0. The van der Waals surface area contributed by atoms with Crippen LogP contribution in [0.15, 0.2) is 66.7 Å². The molecule has 1 aliphatic carbocycles. The molecule has 3 N–H and O–H groups in total. The molecule has 0 aliphatic heterocycles. The highest BCUT2D eigenvalue weighted by atomic mass is 16.5. The van der Waals surface area contributed by atoms with Crippen LogP contribution >= 0.6 is 0 Å². The maximum Gasteiger partial charge on any atom is 0.271 e. The minimum absolute atomic E-state index is 0.219. The zero-order valence-electron chi connectivity index (χ0n) is 23.2. The Morgan fingerprint density at radius 1 is 1.00 bits per heavy atom. The Hall–Kier alpha value is -4.77. The second-order valence-corrected chi connectivity index (χ2v) is 10.5. The summed E-state index contributed by atoms with van der Waals surface area (Å²) in [6, 6.07) is 22.1. The number of carbonyl (C=O) groups excluding carboxylic acids is 2. The van der Waals surface area contributed by atoms with Gasteiger partial charge in [-0.3, -0.25) is 9.59 Å². The van der Waals surface area contributed by atoms with E-state index in [1.165, 1.54) is 19.3 Å². The lowest BCUT2D eigenvalue weighted by Gasteiger charge is -2.22. The molecule has 8 nitrogen and oxygen atoms in total. The van der Waals surface area contributed by atoms with Crippen molar-refractivity contribution in [3.05, 3.63) is 94.7 Å². The number of ether oxygens (including phenoxy) is 2. The number of hydrogen-bond donors (Lipinski definition) is 2. The zero-order valence-corrected chi connectivity index (χ0v) is 23.2. The molecule has 3 aromatic carbocycles. The maximum absolute atomic E-state index is 13.9. The van der Waals surface area contributed by atoms with Crippen molar-refractivity contribution in [1.29, 1.82) is 5.26 Å². The fourth-order valence-corrected chi connectivity index (χ4v) is 5.47. The first-order chi connectivity index (χ1) is 20.0. The van der Waals surface area contributed by atoms with Crippen LogP contribution in [0, 0.1) is 17.2 Å². The number of fused-ring (bicyclic) bond motifs is 1. The van der Waals surface area contributed by atoms with E-state index in [-0.39, 0.29) is 12.5 Å². The standard InChI is InChI=1S/C33H34N4O4/c1-40-27-14-9-24(10-15-27)21-41-31-28-16-11-25(18-34)17-29(28)37(20-23-7-12-26(13-8-23)32(35)38)30(31)33(39)36-19-22-5-3-2-4-6-22/h7-17,22H,2-6,19-21H2,1H3,(H2,35,38)(H,36,39). The van der Waals surface area contributed by atoms with E-state index in [1.54, 1.807) is 31.4 Å². The van der Waals surface area contributed by atoms with Crippen molar-refractivity contribution >= 4 is 22.7 Å². The van der Waals surface area contributed by atoms with Gasteiger partial charge in [0.15, 0.2) is 11.4 Å². The number of amides is 2. The molecule has 0 unspecified atom stereocenters. The number of nitrogens with zero attached hydrogens (tertiary/aromatic N) is 2. The molecule has 8 heteroatoms. The van der Waals surface area contributed by atoms with Gasteiger partial charge in [0, 0.05) is 24.0 Å². The Labute approximate surface area is 239 Å². The Morgan fingerprint density at radius 3 is 2.37 bits per heavy atom. The van der Waals surface area contributed by atoms with Crippen LogP contribution in [-0.2, 0) is 13.2 Å². The zero-order chi connectivity index (χ0) is 28.8. The molecular formula is C33H34N4O4. The summed E-state index contributed by atoms with van der Waals surface area (Å²) in [7, 11) is 1.62. The number of nitrogens with two attached hydrogens (primary N) is 1. The minimum atomic E-state index is -0.501. The number of nitrogens with one attached hydrogen (secondary N) is 1. The molecule has 1 heterocycles. The lowest BCUT2D eigenvalue weighted by atomic mass is 9.89. The van der Waals surface area contributed by atoms with Crippen molar-refractivity contribution in [3.8, 4) is 17.6 Å². The van der Waals surface area contributed by atoms with Gasteiger partial charge >= 0.3 is 0 Å². The Balaban J connectivity index is 1.55. The second-order valence-electron chi connectivity index (χ2n) is 10.5. The number of nitriles is 1. The number of rotatable bonds is 10. The summed E-state index contributed by atoms with van der Waals surface area (Å²) in [6.07, 6.45) is 5.85.